The lowest BCUT2D eigenvalue weighted by Gasteiger charge is -2.42. The molecule has 0 saturated carbocycles. The Kier molecular flexibility index (Phi) is 6.62. The Hall–Kier alpha value is -3.77. The van der Waals surface area contributed by atoms with Crippen LogP contribution >= 0.6 is 0 Å². The van der Waals surface area contributed by atoms with Crippen LogP contribution in [0.1, 0.15) is 44.0 Å². The summed E-state index contributed by atoms with van der Waals surface area (Å²) in [5, 5.41) is 4.48. The van der Waals surface area contributed by atoms with Gasteiger partial charge in [0.2, 0.25) is 10.0 Å². The number of aromatic amines is 1. The maximum atomic E-state index is 14.0. The van der Waals surface area contributed by atoms with Gasteiger partial charge in [0.25, 0.3) is 11.1 Å². The van der Waals surface area contributed by atoms with Crippen molar-refractivity contribution in [3.05, 3.63) is 68.5 Å². The molecule has 11 nitrogen and oxygen atoms in total. The summed E-state index contributed by atoms with van der Waals surface area (Å²) >= 11 is 0. The predicted octanol–water partition coefficient (Wildman–Crippen LogP) is 2.64. The molecule has 0 radical (unpaired) electrons. The third-order valence-electron chi connectivity index (χ3n) is 7.84. The number of aromatic nitrogens is 5. The minimum absolute atomic E-state index is 0.0474. The van der Waals surface area contributed by atoms with Crippen LogP contribution in [-0.2, 0) is 30.0 Å². The Labute approximate surface area is 231 Å². The molecular formula is C28H32N6O5S. The van der Waals surface area contributed by atoms with Crippen LogP contribution < -0.4 is 15.9 Å². The van der Waals surface area contributed by atoms with Gasteiger partial charge >= 0.3 is 0 Å². The minimum Gasteiger partial charge on any atom is -0.493 e. The summed E-state index contributed by atoms with van der Waals surface area (Å²) < 4.78 is 38.6. The number of rotatable bonds is 7. The summed E-state index contributed by atoms with van der Waals surface area (Å²) in [5.41, 5.74) is 2.45. The van der Waals surface area contributed by atoms with Gasteiger partial charge in [0, 0.05) is 44.4 Å². The van der Waals surface area contributed by atoms with Crippen molar-refractivity contribution in [1.29, 1.82) is 0 Å². The molecule has 210 valence electrons. The average Bonchev–Trinajstić information content (AvgIpc) is 3.25. The Bertz CT molecular complexity index is 1840. The maximum absolute atomic E-state index is 14.0. The molecule has 3 aromatic heterocycles. The van der Waals surface area contributed by atoms with E-state index in [0.717, 1.165) is 18.5 Å². The van der Waals surface area contributed by atoms with Crippen LogP contribution in [0.4, 0.5) is 0 Å². The zero-order valence-electron chi connectivity index (χ0n) is 22.8. The third kappa shape index (κ3) is 4.35. The van der Waals surface area contributed by atoms with Crippen LogP contribution in [0.25, 0.3) is 22.4 Å². The van der Waals surface area contributed by atoms with Crippen molar-refractivity contribution in [2.75, 3.05) is 19.7 Å². The monoisotopic (exact) mass is 564 g/mol. The largest absolute Gasteiger partial charge is 0.493 e. The standard InChI is InChI=1S/C28H32N6O5S/c1-4-7-21-25-26(32(3)31-21)28(36)30-27(29-25)20-13-19(10-11-23(20)39-5-2)40(37,38)33-14-17-12-18(16-33)22-8-6-9-24(35)34(22)15-17/h6,8-11,13,17-18H,4-5,7,12,14-16H2,1-3H3,(H,29,30,36)/t17-,18-/m1/s1. The molecule has 0 aliphatic carbocycles. The summed E-state index contributed by atoms with van der Waals surface area (Å²) in [6, 6.07) is 9.88. The van der Waals surface area contributed by atoms with Gasteiger partial charge < -0.3 is 14.3 Å². The number of hydrogen-bond acceptors (Lipinski definition) is 7. The van der Waals surface area contributed by atoms with Crippen LogP contribution in [-0.4, -0.2) is 56.7 Å². The average molecular weight is 565 g/mol. The Morgan fingerprint density at radius 3 is 2.70 bits per heavy atom. The number of H-pyrrole nitrogens is 1. The lowest BCUT2D eigenvalue weighted by Crippen LogP contribution is -2.49. The molecule has 0 unspecified atom stereocenters. The van der Waals surface area contributed by atoms with E-state index in [4.69, 9.17) is 9.72 Å². The molecule has 2 bridgehead atoms. The zero-order chi connectivity index (χ0) is 28.2. The number of sulfonamides is 1. The molecule has 0 amide bonds. The second-order valence-corrected chi connectivity index (χ2v) is 12.5. The fourth-order valence-corrected chi connectivity index (χ4v) is 7.70. The first kappa shape index (κ1) is 26.5. The Balaban J connectivity index is 1.42. The molecule has 40 heavy (non-hydrogen) atoms. The maximum Gasteiger partial charge on any atom is 0.277 e. The molecule has 12 heteroatoms. The zero-order valence-corrected chi connectivity index (χ0v) is 23.6. The molecule has 6 rings (SSSR count). The quantitative estimate of drug-likeness (QED) is 0.365. The van der Waals surface area contributed by atoms with E-state index in [1.54, 1.807) is 29.8 Å². The number of nitrogens with zero attached hydrogens (tertiary/aromatic N) is 5. The molecule has 1 N–H and O–H groups in total. The number of aryl methyl sites for hydroxylation is 2. The molecule has 1 saturated heterocycles. The van der Waals surface area contributed by atoms with Gasteiger partial charge in [-0.15, -0.1) is 0 Å². The van der Waals surface area contributed by atoms with Gasteiger partial charge in [0.15, 0.2) is 5.52 Å². The number of ether oxygens (including phenoxy) is 1. The fourth-order valence-electron chi connectivity index (χ4n) is 6.11. The van der Waals surface area contributed by atoms with Crippen molar-refractivity contribution < 1.29 is 13.2 Å². The topological polar surface area (TPSA) is 132 Å². The van der Waals surface area contributed by atoms with Gasteiger partial charge in [0.1, 0.15) is 17.1 Å². The van der Waals surface area contributed by atoms with Crippen molar-refractivity contribution >= 4 is 21.1 Å². The van der Waals surface area contributed by atoms with Gasteiger partial charge in [-0.2, -0.15) is 9.40 Å². The lowest BCUT2D eigenvalue weighted by molar-refractivity contribution is 0.186. The summed E-state index contributed by atoms with van der Waals surface area (Å²) in [6.45, 7) is 5.35. The van der Waals surface area contributed by atoms with E-state index >= 15 is 0 Å². The fraction of sp³-hybridized carbons (Fsp3) is 0.429. The normalized spacial score (nSPS) is 19.1. The smallest absolute Gasteiger partial charge is 0.277 e. The van der Waals surface area contributed by atoms with Gasteiger partial charge in [-0.1, -0.05) is 19.4 Å². The van der Waals surface area contributed by atoms with Crippen LogP contribution in [0.3, 0.4) is 0 Å². The lowest BCUT2D eigenvalue weighted by atomic mass is 9.84. The summed E-state index contributed by atoms with van der Waals surface area (Å²) in [7, 11) is -2.18. The summed E-state index contributed by atoms with van der Waals surface area (Å²) in [4.78, 5) is 33.2. The highest BCUT2D eigenvalue weighted by atomic mass is 32.2. The van der Waals surface area contributed by atoms with Crippen LogP contribution in [0.2, 0.25) is 0 Å². The highest BCUT2D eigenvalue weighted by Crippen LogP contribution is 2.38. The minimum atomic E-state index is -3.89. The van der Waals surface area contributed by atoms with E-state index in [1.165, 1.54) is 21.1 Å². The highest BCUT2D eigenvalue weighted by molar-refractivity contribution is 7.89. The molecule has 1 aromatic carbocycles. The van der Waals surface area contributed by atoms with E-state index in [2.05, 4.69) is 10.1 Å². The first-order valence-electron chi connectivity index (χ1n) is 13.6. The van der Waals surface area contributed by atoms with Crippen molar-refractivity contribution in [2.45, 2.75) is 50.5 Å². The molecule has 5 heterocycles. The molecule has 1 fully saturated rings. The second kappa shape index (κ2) is 10.0. The molecule has 0 spiro atoms. The van der Waals surface area contributed by atoms with Gasteiger partial charge in [-0.3, -0.25) is 14.3 Å². The van der Waals surface area contributed by atoms with Gasteiger partial charge in [-0.05, 0) is 49.9 Å². The summed E-state index contributed by atoms with van der Waals surface area (Å²) in [6.07, 6.45) is 2.34. The molecule has 4 aromatic rings. The molecular weight excluding hydrogens is 532 g/mol. The van der Waals surface area contributed by atoms with E-state index in [0.29, 0.717) is 60.7 Å². The number of piperidine rings is 1. The molecule has 2 aliphatic rings. The third-order valence-corrected chi connectivity index (χ3v) is 9.67. The van der Waals surface area contributed by atoms with Crippen molar-refractivity contribution in [2.24, 2.45) is 13.0 Å². The molecule has 2 aliphatic heterocycles. The SMILES string of the molecule is CCCc1nn(C)c2c(=O)[nH]c(-c3cc(S(=O)(=O)N4C[C@H]5C[C@H](C4)c4cccc(=O)n4C5)ccc3OCC)nc12. The second-order valence-electron chi connectivity index (χ2n) is 10.5. The number of pyridine rings is 1. The van der Waals surface area contributed by atoms with Crippen molar-refractivity contribution in [3.63, 3.8) is 0 Å². The van der Waals surface area contributed by atoms with E-state index in [-0.39, 0.29) is 33.7 Å². The van der Waals surface area contributed by atoms with Crippen molar-refractivity contribution in [1.82, 2.24) is 28.6 Å². The first-order valence-corrected chi connectivity index (χ1v) is 15.1. The number of benzene rings is 1. The highest BCUT2D eigenvalue weighted by Gasteiger charge is 2.39. The van der Waals surface area contributed by atoms with Crippen molar-refractivity contribution in [3.8, 4) is 17.1 Å². The summed E-state index contributed by atoms with van der Waals surface area (Å²) in [5.74, 6) is 0.647. The van der Waals surface area contributed by atoms with Crippen LogP contribution in [0.15, 0.2) is 50.9 Å². The van der Waals surface area contributed by atoms with Gasteiger partial charge in [-0.25, -0.2) is 13.4 Å². The Morgan fingerprint density at radius 2 is 1.93 bits per heavy atom. The number of nitrogens with one attached hydrogen (secondary N) is 1. The van der Waals surface area contributed by atoms with Gasteiger partial charge in [0.05, 0.1) is 22.8 Å². The first-order chi connectivity index (χ1) is 19.2. The van der Waals surface area contributed by atoms with Crippen LogP contribution in [0.5, 0.6) is 5.75 Å². The van der Waals surface area contributed by atoms with E-state index in [9.17, 15) is 18.0 Å². The Morgan fingerprint density at radius 1 is 1.10 bits per heavy atom. The predicted molar refractivity (Wildman–Crippen MR) is 150 cm³/mol. The van der Waals surface area contributed by atoms with Crippen LogP contribution in [0, 0.1) is 5.92 Å². The molecule has 2 atom stereocenters. The number of hydrogen-bond donors (Lipinski definition) is 1. The van der Waals surface area contributed by atoms with E-state index < -0.39 is 10.0 Å². The number of fused-ring (bicyclic) bond motifs is 5. The van der Waals surface area contributed by atoms with E-state index in [1.807, 2.05) is 19.9 Å².